The Labute approximate surface area is 173 Å². The summed E-state index contributed by atoms with van der Waals surface area (Å²) >= 11 is 18.2. The predicted molar refractivity (Wildman–Crippen MR) is 101 cm³/mol. The van der Waals surface area contributed by atoms with Crippen molar-refractivity contribution >= 4 is 52.4 Å². The van der Waals surface area contributed by atoms with Gasteiger partial charge in [0.05, 0.1) is 18.1 Å². The normalized spacial score (nSPS) is 19.8. The minimum absolute atomic E-state index is 0.104. The molecule has 0 bridgehead atoms. The highest BCUT2D eigenvalue weighted by Gasteiger charge is 2.67. The van der Waals surface area contributed by atoms with Crippen LogP contribution in [0.2, 0.25) is 5.02 Å². The van der Waals surface area contributed by atoms with Gasteiger partial charge in [0.1, 0.15) is 15.7 Å². The van der Waals surface area contributed by atoms with Gasteiger partial charge >= 0.3 is 5.97 Å². The van der Waals surface area contributed by atoms with Gasteiger partial charge in [-0.1, -0.05) is 17.7 Å². The van der Waals surface area contributed by atoms with Crippen molar-refractivity contribution < 1.29 is 28.2 Å². The Morgan fingerprint density at radius 2 is 1.86 bits per heavy atom. The molecule has 0 aromatic heterocycles. The summed E-state index contributed by atoms with van der Waals surface area (Å²) < 4.78 is 30.7. The molecule has 10 heteroatoms. The Balaban J connectivity index is 1.85. The summed E-state index contributed by atoms with van der Waals surface area (Å²) in [6.07, 6.45) is 0. The lowest BCUT2D eigenvalue weighted by atomic mass is 10.1. The monoisotopic (exact) mass is 449 g/mol. The Morgan fingerprint density at radius 1 is 1.18 bits per heavy atom. The summed E-state index contributed by atoms with van der Waals surface area (Å²) in [5.74, 6) is -5.74. The topological polar surface area (TPSA) is 75.6 Å². The number of benzene rings is 2. The molecule has 1 aliphatic carbocycles. The number of anilines is 1. The van der Waals surface area contributed by atoms with Gasteiger partial charge in [0, 0.05) is 17.7 Å². The maximum Gasteiger partial charge on any atom is 0.339 e. The molecular formula is C18H12Cl3F2NO4. The summed E-state index contributed by atoms with van der Waals surface area (Å²) in [4.78, 5) is 23.9. The molecule has 0 unspecified atom stereocenters. The van der Waals surface area contributed by atoms with Crippen molar-refractivity contribution in [1.29, 1.82) is 0 Å². The third kappa shape index (κ3) is 3.62. The Bertz CT molecular complexity index is 984. The fraction of sp³-hybridized carbons (Fsp3) is 0.222. The van der Waals surface area contributed by atoms with Crippen molar-refractivity contribution in [3.63, 3.8) is 0 Å². The van der Waals surface area contributed by atoms with Gasteiger partial charge in [-0.15, -0.1) is 23.2 Å². The average Bonchev–Trinajstić information content (AvgIpc) is 3.19. The number of carboxylic acids is 1. The molecule has 1 amide bonds. The molecule has 0 radical (unpaired) electrons. The van der Waals surface area contributed by atoms with Gasteiger partial charge in [0.25, 0.3) is 0 Å². The van der Waals surface area contributed by atoms with Crippen molar-refractivity contribution in [3.05, 3.63) is 58.1 Å². The first-order chi connectivity index (χ1) is 13.1. The van der Waals surface area contributed by atoms with Crippen LogP contribution in [-0.2, 0) is 4.79 Å². The summed E-state index contributed by atoms with van der Waals surface area (Å²) in [6, 6.07) is 5.84. The smallest absolute Gasteiger partial charge is 0.339 e. The van der Waals surface area contributed by atoms with Crippen molar-refractivity contribution in [2.45, 2.75) is 10.3 Å². The number of aromatic carboxylic acids is 1. The zero-order valence-corrected chi connectivity index (χ0v) is 16.4. The third-order valence-corrected chi connectivity index (χ3v) is 5.61. The fourth-order valence-corrected chi connectivity index (χ4v) is 4.04. The average molecular weight is 451 g/mol. The van der Waals surface area contributed by atoms with Gasteiger partial charge in [0.15, 0.2) is 11.6 Å². The molecule has 2 aromatic carbocycles. The maximum atomic E-state index is 14.1. The number of halogens is 5. The van der Waals surface area contributed by atoms with Gasteiger partial charge in [0.2, 0.25) is 5.91 Å². The van der Waals surface area contributed by atoms with Crippen LogP contribution < -0.4 is 10.1 Å². The first-order valence-corrected chi connectivity index (χ1v) is 8.95. The molecule has 2 atom stereocenters. The molecular weight excluding hydrogens is 439 g/mol. The van der Waals surface area contributed by atoms with Crippen molar-refractivity contribution in [2.75, 3.05) is 12.4 Å². The van der Waals surface area contributed by atoms with Crippen LogP contribution in [0.5, 0.6) is 5.75 Å². The molecule has 5 nitrogen and oxygen atoms in total. The van der Waals surface area contributed by atoms with E-state index in [1.54, 1.807) is 0 Å². The first-order valence-electron chi connectivity index (χ1n) is 7.82. The number of nitrogens with one attached hydrogen (secondary N) is 1. The number of hydrogen-bond acceptors (Lipinski definition) is 3. The number of hydrogen-bond donors (Lipinski definition) is 2. The van der Waals surface area contributed by atoms with Crippen LogP contribution in [0, 0.1) is 17.6 Å². The molecule has 1 fully saturated rings. The van der Waals surface area contributed by atoms with Gasteiger partial charge in [-0.25, -0.2) is 13.6 Å². The lowest BCUT2D eigenvalue weighted by Gasteiger charge is -2.10. The van der Waals surface area contributed by atoms with E-state index in [0.717, 1.165) is 25.3 Å². The lowest BCUT2D eigenvalue weighted by Crippen LogP contribution is -2.18. The second kappa shape index (κ2) is 7.39. The number of carbonyl (C=O) groups is 2. The molecule has 0 heterocycles. The molecule has 0 spiro atoms. The fourth-order valence-electron chi connectivity index (χ4n) is 3.03. The van der Waals surface area contributed by atoms with Crippen LogP contribution in [-0.4, -0.2) is 28.4 Å². The Hall–Kier alpha value is -2.09. The van der Waals surface area contributed by atoms with Crippen LogP contribution >= 0.6 is 34.8 Å². The minimum atomic E-state index is -1.48. The van der Waals surface area contributed by atoms with Gasteiger partial charge in [-0.2, -0.15) is 0 Å². The Morgan fingerprint density at radius 3 is 2.43 bits per heavy atom. The number of carbonyl (C=O) groups excluding carboxylic acids is 1. The van der Waals surface area contributed by atoms with Gasteiger partial charge < -0.3 is 15.2 Å². The number of methoxy groups -OCH3 is 1. The number of amides is 1. The van der Waals surface area contributed by atoms with E-state index in [1.807, 2.05) is 0 Å². The van der Waals surface area contributed by atoms with Gasteiger partial charge in [-0.3, -0.25) is 4.79 Å². The summed E-state index contributed by atoms with van der Waals surface area (Å²) in [6.45, 7) is 0. The van der Waals surface area contributed by atoms with Crippen LogP contribution in [0.3, 0.4) is 0 Å². The summed E-state index contributed by atoms with van der Waals surface area (Å²) in [5, 5.41) is 11.4. The van der Waals surface area contributed by atoms with E-state index in [2.05, 4.69) is 5.32 Å². The standard InChI is InChI=1S/C18H12Cl3F2NO4/c1-28-15-9(17(26)27)5-8(6-12(15)23)24-16(25)14-13(18(14,20)21)7-2-3-11(22)10(19)4-7/h2-6,13-14H,1H3,(H,24,25)(H,26,27)/t13-,14+/m0/s1. The quantitative estimate of drug-likeness (QED) is 0.639. The van der Waals surface area contributed by atoms with E-state index >= 15 is 0 Å². The lowest BCUT2D eigenvalue weighted by molar-refractivity contribution is -0.117. The SMILES string of the molecule is COc1c(F)cc(NC(=O)[C@H]2[C@H](c3ccc(F)c(Cl)c3)C2(Cl)Cl)cc1C(=O)O. The molecule has 1 aliphatic rings. The maximum absolute atomic E-state index is 14.1. The van der Waals surface area contributed by atoms with Crippen LogP contribution in [0.15, 0.2) is 30.3 Å². The van der Waals surface area contributed by atoms with E-state index in [4.69, 9.17) is 39.5 Å². The molecule has 0 aliphatic heterocycles. The Kier molecular flexibility index (Phi) is 5.44. The molecule has 0 saturated heterocycles. The highest BCUT2D eigenvalue weighted by atomic mass is 35.5. The predicted octanol–water partition coefficient (Wildman–Crippen LogP) is 4.85. The van der Waals surface area contributed by atoms with Crippen LogP contribution in [0.1, 0.15) is 21.8 Å². The van der Waals surface area contributed by atoms with E-state index < -0.39 is 51.0 Å². The van der Waals surface area contributed by atoms with E-state index in [9.17, 15) is 23.5 Å². The largest absolute Gasteiger partial charge is 0.493 e. The molecule has 2 N–H and O–H groups in total. The van der Waals surface area contributed by atoms with Gasteiger partial charge in [-0.05, 0) is 23.8 Å². The highest BCUT2D eigenvalue weighted by Crippen LogP contribution is 2.65. The number of ether oxygens (including phenoxy) is 1. The molecule has 28 heavy (non-hydrogen) atoms. The summed E-state index contributed by atoms with van der Waals surface area (Å²) in [5.41, 5.74) is -0.102. The third-order valence-electron chi connectivity index (χ3n) is 4.38. The van der Waals surface area contributed by atoms with E-state index in [-0.39, 0.29) is 10.7 Å². The van der Waals surface area contributed by atoms with Crippen molar-refractivity contribution in [3.8, 4) is 5.75 Å². The van der Waals surface area contributed by atoms with E-state index in [1.165, 1.54) is 12.1 Å². The second-order valence-electron chi connectivity index (χ2n) is 6.14. The molecule has 1 saturated carbocycles. The highest BCUT2D eigenvalue weighted by molar-refractivity contribution is 6.53. The summed E-state index contributed by atoms with van der Waals surface area (Å²) in [7, 11) is 1.13. The molecule has 148 valence electrons. The number of rotatable bonds is 5. The number of alkyl halides is 2. The van der Waals surface area contributed by atoms with Crippen molar-refractivity contribution in [1.82, 2.24) is 0 Å². The first kappa shape index (κ1) is 20.6. The van der Waals surface area contributed by atoms with Crippen molar-refractivity contribution in [2.24, 2.45) is 5.92 Å². The van der Waals surface area contributed by atoms with Crippen LogP contribution in [0.25, 0.3) is 0 Å². The number of carboxylic acid groups (broad SMARTS) is 1. The zero-order chi connectivity index (χ0) is 20.8. The second-order valence-corrected chi connectivity index (χ2v) is 7.99. The molecule has 2 aromatic rings. The van der Waals surface area contributed by atoms with Crippen LogP contribution in [0.4, 0.5) is 14.5 Å². The zero-order valence-electron chi connectivity index (χ0n) is 14.1. The minimum Gasteiger partial charge on any atom is -0.493 e. The van der Waals surface area contributed by atoms with E-state index in [0.29, 0.717) is 5.56 Å². The molecule has 3 rings (SSSR count).